The molecule has 0 bridgehead atoms. The number of nitrogens with zero attached hydrogens (tertiary/aromatic N) is 2. The summed E-state index contributed by atoms with van der Waals surface area (Å²) < 4.78 is 62.6. The van der Waals surface area contributed by atoms with E-state index in [2.05, 4.69) is 15.6 Å². The van der Waals surface area contributed by atoms with E-state index in [0.29, 0.717) is 101 Å². The van der Waals surface area contributed by atoms with Crippen molar-refractivity contribution >= 4 is 42.7 Å². The van der Waals surface area contributed by atoms with Crippen LogP contribution in [0.3, 0.4) is 0 Å². The first-order valence-electron chi connectivity index (χ1n) is 21.5. The molecule has 5 aromatic rings. The molecule has 0 fully saturated rings. The Kier molecular flexibility index (Phi) is 13.1. The molecular weight excluding hydrogens is 835 g/mol. The molecule has 0 saturated carbocycles. The van der Waals surface area contributed by atoms with Crippen LogP contribution in [0.2, 0.25) is 0 Å². The van der Waals surface area contributed by atoms with E-state index >= 15 is 8.63 Å². The van der Waals surface area contributed by atoms with Crippen LogP contribution in [0.4, 0.5) is 8.63 Å². The number of carbonyl (C=O) groups excluding carboxylic acids is 2. The summed E-state index contributed by atoms with van der Waals surface area (Å²) in [5.74, 6) is 1.64. The van der Waals surface area contributed by atoms with Gasteiger partial charge in [-0.3, -0.25) is 14.4 Å². The Balaban J connectivity index is 0.798. The van der Waals surface area contributed by atoms with E-state index < -0.39 is 13.0 Å². The summed E-state index contributed by atoms with van der Waals surface area (Å²) in [6.45, 7) is -3.93. The van der Waals surface area contributed by atoms with Crippen LogP contribution in [0, 0.1) is 0 Å². The molecule has 3 N–H and O–H groups in total. The molecule has 8 rings (SSSR count). The number of hydrogen-bond donors (Lipinski definition) is 3. The van der Waals surface area contributed by atoms with Gasteiger partial charge in [0.25, 0.3) is 5.91 Å². The Morgan fingerprint density at radius 2 is 1.68 bits per heavy atom. The summed E-state index contributed by atoms with van der Waals surface area (Å²) in [6, 6.07) is 20.4. The normalized spacial score (nSPS) is 15.5. The fourth-order valence-electron chi connectivity index (χ4n) is 8.75. The van der Waals surface area contributed by atoms with Crippen molar-refractivity contribution in [1.82, 2.24) is 20.1 Å². The zero-order valence-corrected chi connectivity index (χ0v) is 36.6. The summed E-state index contributed by atoms with van der Waals surface area (Å²) in [5.41, 5.74) is 5.77. The molecule has 2 aromatic heterocycles. The first-order chi connectivity index (χ1) is 31.5. The average Bonchev–Trinajstić information content (AvgIpc) is 4.06. The fraction of sp³-hybridized carbons (Fsp3) is 0.265. The van der Waals surface area contributed by atoms with Gasteiger partial charge < -0.3 is 56.9 Å². The van der Waals surface area contributed by atoms with Crippen LogP contribution in [-0.2, 0) is 16.0 Å². The summed E-state index contributed by atoms with van der Waals surface area (Å²) in [6.07, 6.45) is 13.6. The van der Waals surface area contributed by atoms with Crippen molar-refractivity contribution in [3.8, 4) is 39.9 Å². The van der Waals surface area contributed by atoms with Crippen LogP contribution in [0.1, 0.15) is 71.9 Å². The number of aromatic nitrogens is 2. The predicted octanol–water partition coefficient (Wildman–Crippen LogP) is 7.56. The van der Waals surface area contributed by atoms with E-state index in [1.54, 1.807) is 105 Å². The highest BCUT2D eigenvalue weighted by atomic mass is 19.2. The number of unbranched alkanes of at least 4 members (excludes halogenated alkanes) is 2. The van der Waals surface area contributed by atoms with Gasteiger partial charge in [0.2, 0.25) is 17.1 Å². The summed E-state index contributed by atoms with van der Waals surface area (Å²) >= 11 is 0. The number of halogens is 2. The molecule has 2 aliphatic heterocycles. The number of carbonyl (C=O) groups is 2. The second kappa shape index (κ2) is 19.2. The van der Waals surface area contributed by atoms with Crippen LogP contribution in [-0.4, -0.2) is 80.0 Å². The van der Waals surface area contributed by atoms with Gasteiger partial charge in [0.1, 0.15) is 11.4 Å². The van der Waals surface area contributed by atoms with Crippen molar-refractivity contribution in [1.29, 1.82) is 0 Å². The molecule has 0 radical (unpaired) electrons. The largest absolute Gasteiger partial charge is 0.737 e. The number of allylic oxidation sites excluding steroid dienone is 2. The zero-order chi connectivity index (χ0) is 45.7. The van der Waals surface area contributed by atoms with Crippen molar-refractivity contribution < 1.29 is 46.4 Å². The Morgan fingerprint density at radius 1 is 0.877 bits per heavy atom. The molecular formula is C49H50BF2N5O8. The van der Waals surface area contributed by atoms with Crippen molar-refractivity contribution in [2.24, 2.45) is 0 Å². The number of ether oxygens (including phenoxy) is 5. The molecule has 13 nitrogen and oxygen atoms in total. The third-order valence-electron chi connectivity index (χ3n) is 11.9. The summed E-state index contributed by atoms with van der Waals surface area (Å²) in [4.78, 5) is 42.1. The number of H-pyrrole nitrogens is 1. The van der Waals surface area contributed by atoms with E-state index in [1.807, 2.05) is 12.1 Å². The Labute approximate surface area is 375 Å². The number of rotatable bonds is 17. The van der Waals surface area contributed by atoms with Crippen LogP contribution >= 0.6 is 0 Å². The zero-order valence-electron chi connectivity index (χ0n) is 36.6. The van der Waals surface area contributed by atoms with E-state index in [9.17, 15) is 14.4 Å². The number of amides is 2. The molecule has 1 atom stereocenters. The number of hydrogen-bond acceptors (Lipinski definition) is 8. The van der Waals surface area contributed by atoms with Crippen LogP contribution in [0.25, 0.3) is 29.4 Å². The van der Waals surface area contributed by atoms with Crippen molar-refractivity contribution in [3.05, 3.63) is 141 Å². The number of methoxy groups -OCH3 is 4. The highest BCUT2D eigenvalue weighted by Gasteiger charge is 2.52. The van der Waals surface area contributed by atoms with Gasteiger partial charge in [0.05, 0.1) is 34.5 Å². The van der Waals surface area contributed by atoms with Gasteiger partial charge in [-0.1, -0.05) is 30.7 Å². The lowest BCUT2D eigenvalue weighted by atomic mass is 9.90. The molecule has 1 aliphatic carbocycles. The first kappa shape index (κ1) is 44.3. The minimum atomic E-state index is -4.16. The van der Waals surface area contributed by atoms with Gasteiger partial charge in [-0.05, 0) is 109 Å². The molecule has 2 amide bonds. The van der Waals surface area contributed by atoms with Crippen LogP contribution < -0.4 is 39.7 Å². The maximum Gasteiger partial charge on any atom is 0.737 e. The standard InChI is InChI=1S/C49H50BF2N5O8/c1-61-43-24-21-37-38(29-42(43)58)39(22-14-32-27-44(62-2)48(63-3)49(64-4)47(32)37)55-45(59)10-6-5-7-25-54-46(60)30-65-36-19-12-31(13-20-36)11-15-33-16-17-34-28-35-18-23-41(40-9-8-26-53-40)57(35)50(51,52)56(33)34/h8-9,11-13,15-21,23-24,26-29,39,53H,5-7,10,14,22,25,30H2,1-4H3,(H,54,60)(H,55,59)/b15-11+/t39-/m0/s1. The molecule has 3 aromatic carbocycles. The van der Waals surface area contributed by atoms with Crippen LogP contribution in [0.15, 0.2) is 102 Å². The number of aromatic amines is 1. The summed E-state index contributed by atoms with van der Waals surface area (Å²) in [7, 11) is 6.09. The molecule has 0 unspecified atom stereocenters. The number of benzene rings is 2. The van der Waals surface area contributed by atoms with E-state index in [-0.39, 0.29) is 36.0 Å². The molecule has 336 valence electrons. The van der Waals surface area contributed by atoms with Gasteiger partial charge in [0.15, 0.2) is 35.3 Å². The monoisotopic (exact) mass is 885 g/mol. The molecule has 0 saturated heterocycles. The molecule has 3 aliphatic rings. The quantitative estimate of drug-likeness (QED) is 0.0642. The maximum atomic E-state index is 16.1. The van der Waals surface area contributed by atoms with Crippen molar-refractivity contribution in [2.45, 2.75) is 44.6 Å². The lowest BCUT2D eigenvalue weighted by Crippen LogP contribution is -2.50. The topological polar surface area (TPSA) is 145 Å². The second-order valence-electron chi connectivity index (χ2n) is 15.9. The number of fused-ring (bicyclic) bond motifs is 5. The minimum Gasteiger partial charge on any atom is -0.493 e. The highest BCUT2D eigenvalue weighted by Crippen LogP contribution is 2.50. The minimum absolute atomic E-state index is 0.151. The Hall–Kier alpha value is -7.36. The SMILES string of the molecule is COc1cc2c(c(OC)c1OC)-c1ccc(OC)c(=O)cc1[C@@H](NC(=O)CCCCCNC(=O)COc1ccc(/C=C/c3ccc4n3[B-](F)(F)[N+]3=C(c5ccc[nH]5)C=CC3=C4)cc1)CC2. The van der Waals surface area contributed by atoms with E-state index in [1.165, 1.54) is 20.3 Å². The predicted molar refractivity (Wildman–Crippen MR) is 246 cm³/mol. The van der Waals surface area contributed by atoms with Gasteiger partial charge in [-0.15, -0.1) is 0 Å². The first-order valence-corrected chi connectivity index (χ1v) is 21.5. The number of aryl methyl sites for hydroxylation is 1. The molecule has 16 heteroatoms. The maximum absolute atomic E-state index is 16.1. The van der Waals surface area contributed by atoms with E-state index in [4.69, 9.17) is 23.7 Å². The number of nitrogens with one attached hydrogen (secondary N) is 3. The third-order valence-corrected chi connectivity index (χ3v) is 11.9. The third kappa shape index (κ3) is 9.06. The average molecular weight is 886 g/mol. The van der Waals surface area contributed by atoms with Gasteiger partial charge in [-0.2, -0.15) is 0 Å². The molecule has 0 spiro atoms. The summed E-state index contributed by atoms with van der Waals surface area (Å²) in [5, 5.41) is 6.02. The Morgan fingerprint density at radius 3 is 2.42 bits per heavy atom. The molecule has 4 heterocycles. The van der Waals surface area contributed by atoms with Crippen molar-refractivity contribution in [2.75, 3.05) is 41.6 Å². The van der Waals surface area contributed by atoms with Gasteiger partial charge in [-0.25, -0.2) is 0 Å². The lowest BCUT2D eigenvalue weighted by Gasteiger charge is -2.30. The van der Waals surface area contributed by atoms with E-state index in [0.717, 1.165) is 25.7 Å². The highest BCUT2D eigenvalue weighted by molar-refractivity contribution is 6.58. The molecule has 65 heavy (non-hydrogen) atoms. The Bertz CT molecular complexity index is 2800. The lowest BCUT2D eigenvalue weighted by molar-refractivity contribution is -0.360. The van der Waals surface area contributed by atoms with Crippen molar-refractivity contribution in [3.63, 3.8) is 0 Å². The fourth-order valence-corrected chi connectivity index (χ4v) is 8.75. The second-order valence-corrected chi connectivity index (χ2v) is 15.9. The van der Waals surface area contributed by atoms with Gasteiger partial charge in [0, 0.05) is 54.3 Å². The smallest absolute Gasteiger partial charge is 0.493 e. The van der Waals surface area contributed by atoms with Gasteiger partial charge >= 0.3 is 6.97 Å². The van der Waals surface area contributed by atoms with Crippen LogP contribution in [0.5, 0.6) is 28.7 Å².